The number of hydrogen-bond donors (Lipinski definition) is 0. The zero-order valence-corrected chi connectivity index (χ0v) is 20.0. The lowest BCUT2D eigenvalue weighted by Crippen LogP contribution is -2.47. The van der Waals surface area contributed by atoms with Crippen LogP contribution in [0.5, 0.6) is 17.2 Å². The summed E-state index contributed by atoms with van der Waals surface area (Å²) in [6.07, 6.45) is 2.15. The number of fused-ring (bicyclic) bond motifs is 2. The molecule has 2 heterocycles. The van der Waals surface area contributed by atoms with Gasteiger partial charge in [0.1, 0.15) is 23.9 Å². The van der Waals surface area contributed by atoms with E-state index in [2.05, 4.69) is 0 Å². The molecule has 0 aromatic heterocycles. The molecule has 8 nitrogen and oxygen atoms in total. The molecule has 0 fully saturated rings. The van der Waals surface area contributed by atoms with Crippen LogP contribution >= 0.6 is 0 Å². The van der Waals surface area contributed by atoms with E-state index in [-0.39, 0.29) is 25.0 Å². The summed E-state index contributed by atoms with van der Waals surface area (Å²) in [5.41, 5.74) is 0.328. The molecule has 36 heavy (non-hydrogen) atoms. The zero-order valence-electron chi connectivity index (χ0n) is 20.0. The molecule has 184 valence electrons. The highest BCUT2D eigenvalue weighted by Gasteiger charge is 2.59. The molecule has 1 spiro atoms. The number of rotatable bonds is 3. The van der Waals surface area contributed by atoms with Crippen LogP contribution in [0.1, 0.15) is 41.4 Å². The highest BCUT2D eigenvalue weighted by Crippen LogP contribution is 2.59. The van der Waals surface area contributed by atoms with Gasteiger partial charge in [-0.2, -0.15) is 0 Å². The maximum absolute atomic E-state index is 13.9. The second-order valence-corrected chi connectivity index (χ2v) is 9.47. The van der Waals surface area contributed by atoms with Crippen molar-refractivity contribution in [2.75, 3.05) is 20.5 Å². The van der Waals surface area contributed by atoms with E-state index in [9.17, 15) is 14.4 Å². The maximum atomic E-state index is 13.9. The minimum absolute atomic E-state index is 0.00862. The quantitative estimate of drug-likeness (QED) is 0.602. The smallest absolute Gasteiger partial charge is 0.338 e. The Hall–Kier alpha value is -4.07. The molecule has 6 rings (SSSR count). The van der Waals surface area contributed by atoms with E-state index in [4.69, 9.17) is 23.7 Å². The topological polar surface area (TPSA) is 97.4 Å². The van der Waals surface area contributed by atoms with Crippen LogP contribution in [0.3, 0.4) is 0 Å². The SMILES string of the molecule is COC1=CC(=O)[C@]23COc4c5c(cc(c42)[C@H](OC(=O)c2ccccc2)[C@H](C)[C@H](C)C(=O)C3=C1)OCO5. The van der Waals surface area contributed by atoms with Crippen molar-refractivity contribution in [3.8, 4) is 17.2 Å². The van der Waals surface area contributed by atoms with Crippen molar-refractivity contribution >= 4 is 17.5 Å². The van der Waals surface area contributed by atoms with Gasteiger partial charge in [0.15, 0.2) is 23.1 Å². The standard InChI is InChI=1S/C28H24O8/c1-14-15(2)24(36-27(31)16-7-5-4-6-8-16)18-11-20-25(35-13-34-20)26-22(18)28(12-33-26)19(23(14)30)9-17(32-3)10-21(28)29/h4-11,14-15,24H,12-13H2,1-3H3/t14-,15+,24+,28+/m0/s1. The number of carbonyl (C=O) groups excluding carboxylic acids is 3. The van der Waals surface area contributed by atoms with Crippen molar-refractivity contribution in [3.63, 3.8) is 0 Å². The lowest BCUT2D eigenvalue weighted by atomic mass is 9.62. The third-order valence-corrected chi connectivity index (χ3v) is 7.68. The Morgan fingerprint density at radius 1 is 1.03 bits per heavy atom. The minimum atomic E-state index is -1.41. The molecule has 8 heteroatoms. The molecule has 0 amide bonds. The fourth-order valence-corrected chi connectivity index (χ4v) is 5.54. The number of carbonyl (C=O) groups is 3. The van der Waals surface area contributed by atoms with Crippen LogP contribution in [0.25, 0.3) is 0 Å². The van der Waals surface area contributed by atoms with E-state index in [1.807, 2.05) is 13.0 Å². The Kier molecular flexibility index (Phi) is 4.96. The van der Waals surface area contributed by atoms with Crippen LogP contribution in [-0.2, 0) is 24.5 Å². The lowest BCUT2D eigenvalue weighted by molar-refractivity contribution is -0.127. The van der Waals surface area contributed by atoms with Gasteiger partial charge in [-0.25, -0.2) is 4.79 Å². The Morgan fingerprint density at radius 3 is 2.56 bits per heavy atom. The molecule has 0 saturated carbocycles. The zero-order chi connectivity index (χ0) is 25.2. The predicted molar refractivity (Wildman–Crippen MR) is 126 cm³/mol. The van der Waals surface area contributed by atoms with Gasteiger partial charge < -0.3 is 23.7 Å². The van der Waals surface area contributed by atoms with Crippen molar-refractivity contribution in [1.82, 2.24) is 0 Å². The van der Waals surface area contributed by atoms with Gasteiger partial charge in [0.2, 0.25) is 12.5 Å². The number of ether oxygens (including phenoxy) is 5. The lowest BCUT2D eigenvalue weighted by Gasteiger charge is -2.39. The number of hydrogen-bond acceptors (Lipinski definition) is 8. The van der Waals surface area contributed by atoms with E-state index >= 15 is 0 Å². The maximum Gasteiger partial charge on any atom is 0.338 e. The molecule has 4 atom stereocenters. The summed E-state index contributed by atoms with van der Waals surface area (Å²) in [5.74, 6) is -0.635. The van der Waals surface area contributed by atoms with Crippen LogP contribution in [0.4, 0.5) is 0 Å². The normalized spacial score (nSPS) is 27.6. The van der Waals surface area contributed by atoms with E-state index in [1.54, 1.807) is 43.3 Å². The summed E-state index contributed by atoms with van der Waals surface area (Å²) in [6.45, 7) is 3.56. The second-order valence-electron chi connectivity index (χ2n) is 9.47. The van der Waals surface area contributed by atoms with Crippen LogP contribution in [0.15, 0.2) is 59.9 Å². The average molecular weight is 488 g/mol. The van der Waals surface area contributed by atoms with Crippen LogP contribution in [0.2, 0.25) is 0 Å². The molecule has 0 bridgehead atoms. The van der Waals surface area contributed by atoms with Gasteiger partial charge in [0.05, 0.1) is 12.7 Å². The monoisotopic (exact) mass is 488 g/mol. The number of allylic oxidation sites excluding steroid dienone is 2. The summed E-state index contributed by atoms with van der Waals surface area (Å²) in [6, 6.07) is 10.4. The van der Waals surface area contributed by atoms with E-state index < -0.39 is 29.3 Å². The highest BCUT2D eigenvalue weighted by atomic mass is 16.7. The van der Waals surface area contributed by atoms with Crippen LogP contribution < -0.4 is 14.2 Å². The van der Waals surface area contributed by atoms with Crippen molar-refractivity contribution in [2.24, 2.45) is 11.8 Å². The first-order chi connectivity index (χ1) is 17.4. The molecule has 2 aromatic carbocycles. The molecular formula is C28H24O8. The predicted octanol–water partition coefficient (Wildman–Crippen LogP) is 3.84. The van der Waals surface area contributed by atoms with E-state index in [0.717, 1.165) is 0 Å². The summed E-state index contributed by atoms with van der Waals surface area (Å²) in [7, 11) is 1.45. The number of benzene rings is 2. The van der Waals surface area contributed by atoms with Crippen molar-refractivity contribution < 1.29 is 38.1 Å². The number of esters is 1. The average Bonchev–Trinajstić information content (AvgIpc) is 3.53. The van der Waals surface area contributed by atoms with Gasteiger partial charge in [0, 0.05) is 34.6 Å². The Bertz CT molecular complexity index is 1370. The first-order valence-corrected chi connectivity index (χ1v) is 11.8. The first kappa shape index (κ1) is 22.4. The summed E-state index contributed by atoms with van der Waals surface area (Å²) >= 11 is 0. The second kappa shape index (κ2) is 7.98. The Balaban J connectivity index is 1.61. The largest absolute Gasteiger partial charge is 0.497 e. The molecule has 0 unspecified atom stereocenters. The molecule has 0 N–H and O–H groups in total. The van der Waals surface area contributed by atoms with Gasteiger partial charge in [-0.1, -0.05) is 32.0 Å². The van der Waals surface area contributed by atoms with Crippen LogP contribution in [0, 0.1) is 11.8 Å². The molecule has 4 aliphatic rings. The molecule has 2 aliphatic carbocycles. The summed E-state index contributed by atoms with van der Waals surface area (Å²) in [5, 5.41) is 0. The van der Waals surface area contributed by atoms with Gasteiger partial charge in [-0.3, -0.25) is 9.59 Å². The minimum Gasteiger partial charge on any atom is -0.497 e. The van der Waals surface area contributed by atoms with Crippen molar-refractivity contribution in [3.05, 3.63) is 76.6 Å². The fourth-order valence-electron chi connectivity index (χ4n) is 5.54. The van der Waals surface area contributed by atoms with Gasteiger partial charge in [-0.15, -0.1) is 0 Å². The fraction of sp³-hybridized carbons (Fsp3) is 0.321. The Labute approximate surface area is 207 Å². The first-order valence-electron chi connectivity index (χ1n) is 11.8. The van der Waals surface area contributed by atoms with E-state index in [1.165, 1.54) is 13.2 Å². The number of ketones is 2. The molecule has 0 radical (unpaired) electrons. The van der Waals surface area contributed by atoms with Gasteiger partial charge >= 0.3 is 5.97 Å². The molecular weight excluding hydrogens is 464 g/mol. The number of Topliss-reactive ketones (excluding diaryl/α,β-unsaturated/α-hetero) is 1. The van der Waals surface area contributed by atoms with E-state index in [0.29, 0.717) is 45.3 Å². The van der Waals surface area contributed by atoms with Crippen LogP contribution in [-0.4, -0.2) is 38.0 Å². The molecule has 0 saturated heterocycles. The van der Waals surface area contributed by atoms with Gasteiger partial charge in [-0.05, 0) is 24.3 Å². The molecule has 2 aromatic rings. The van der Waals surface area contributed by atoms with Crippen molar-refractivity contribution in [1.29, 1.82) is 0 Å². The molecule has 2 aliphatic heterocycles. The van der Waals surface area contributed by atoms with Gasteiger partial charge in [0.25, 0.3) is 0 Å². The van der Waals surface area contributed by atoms with Crippen molar-refractivity contribution in [2.45, 2.75) is 25.4 Å². The highest BCUT2D eigenvalue weighted by molar-refractivity contribution is 6.15. The number of methoxy groups -OCH3 is 1. The summed E-state index contributed by atoms with van der Waals surface area (Å²) in [4.78, 5) is 40.9. The summed E-state index contributed by atoms with van der Waals surface area (Å²) < 4.78 is 28.9. The third-order valence-electron chi connectivity index (χ3n) is 7.68. The third kappa shape index (κ3) is 2.96. The Morgan fingerprint density at radius 2 is 1.81 bits per heavy atom.